The summed E-state index contributed by atoms with van der Waals surface area (Å²) in [6.45, 7) is 6.68. The summed E-state index contributed by atoms with van der Waals surface area (Å²) < 4.78 is 0. The first kappa shape index (κ1) is 24.5. The van der Waals surface area contributed by atoms with Crippen molar-refractivity contribution in [2.24, 2.45) is 0 Å². The molecule has 2 amide bonds. The number of anilines is 4. The highest BCUT2D eigenvalue weighted by Gasteiger charge is 2.21. The summed E-state index contributed by atoms with van der Waals surface area (Å²) in [7, 11) is 0. The molecule has 0 spiro atoms. The number of halogens is 1. The molecule has 33 heavy (non-hydrogen) atoms. The predicted octanol–water partition coefficient (Wildman–Crippen LogP) is 6.47. The minimum absolute atomic E-state index is 0.208. The van der Waals surface area contributed by atoms with Crippen molar-refractivity contribution in [2.75, 3.05) is 28.2 Å². The second-order valence-corrected chi connectivity index (χ2v) is 8.49. The minimum Gasteiger partial charge on any atom is -0.399 e. The molecule has 0 radical (unpaired) electrons. The number of nitrogen functional groups attached to an aromatic ring is 2. The van der Waals surface area contributed by atoms with Gasteiger partial charge < -0.3 is 16.8 Å². The molecule has 5 N–H and O–H groups in total. The van der Waals surface area contributed by atoms with E-state index in [1.165, 1.54) is 5.56 Å². The van der Waals surface area contributed by atoms with Gasteiger partial charge in [-0.1, -0.05) is 56.6 Å². The van der Waals surface area contributed by atoms with E-state index < -0.39 is 0 Å². The minimum atomic E-state index is -0.208. The Balaban J connectivity index is 1.94. The summed E-state index contributed by atoms with van der Waals surface area (Å²) in [6, 6.07) is 17.4. The summed E-state index contributed by atoms with van der Waals surface area (Å²) in [5.74, 6) is 0. The van der Waals surface area contributed by atoms with E-state index in [4.69, 9.17) is 23.1 Å². The fourth-order valence-corrected chi connectivity index (χ4v) is 4.34. The fourth-order valence-electron chi connectivity index (χ4n) is 3.99. The number of urea groups is 1. The van der Waals surface area contributed by atoms with Crippen LogP contribution in [0.2, 0.25) is 5.02 Å². The van der Waals surface area contributed by atoms with Crippen LogP contribution in [-0.2, 0) is 25.7 Å². The van der Waals surface area contributed by atoms with Gasteiger partial charge >= 0.3 is 6.03 Å². The standard InChI is InChI=1S/C27H33ClN4O/c1-4-18-9-13-21(14-10-18)32(16-15-19-7-11-20(29)12-8-19)27(33)31-26-22(5-2)24(28)17-25(30)23(26)6-3/h7-14,17H,4-6,15-16,29-30H2,1-3H3,(H,31,33). The van der Waals surface area contributed by atoms with Crippen molar-refractivity contribution in [3.63, 3.8) is 0 Å². The number of amides is 2. The van der Waals surface area contributed by atoms with Gasteiger partial charge in [0, 0.05) is 28.6 Å². The van der Waals surface area contributed by atoms with Crippen molar-refractivity contribution >= 4 is 40.4 Å². The van der Waals surface area contributed by atoms with Gasteiger partial charge in [0.1, 0.15) is 0 Å². The molecule has 3 rings (SSSR count). The summed E-state index contributed by atoms with van der Waals surface area (Å²) in [5, 5.41) is 3.71. The normalized spacial score (nSPS) is 10.8. The zero-order chi connectivity index (χ0) is 24.0. The molecule has 0 unspecified atom stereocenters. The van der Waals surface area contributed by atoms with Crippen LogP contribution in [0.1, 0.15) is 43.0 Å². The van der Waals surface area contributed by atoms with E-state index in [1.54, 1.807) is 11.0 Å². The highest BCUT2D eigenvalue weighted by molar-refractivity contribution is 6.32. The van der Waals surface area contributed by atoms with Gasteiger partial charge in [-0.3, -0.25) is 4.90 Å². The first-order valence-electron chi connectivity index (χ1n) is 11.5. The van der Waals surface area contributed by atoms with E-state index in [0.717, 1.165) is 40.2 Å². The molecule has 0 bridgehead atoms. The number of hydrogen-bond acceptors (Lipinski definition) is 3. The Morgan fingerprint density at radius 1 is 0.879 bits per heavy atom. The molecular formula is C27H33ClN4O. The largest absolute Gasteiger partial charge is 0.399 e. The molecule has 6 heteroatoms. The number of aryl methyl sites for hydroxylation is 1. The van der Waals surface area contributed by atoms with Gasteiger partial charge in [0.2, 0.25) is 0 Å². The van der Waals surface area contributed by atoms with Crippen LogP contribution in [0.4, 0.5) is 27.5 Å². The number of nitrogens with two attached hydrogens (primary N) is 2. The monoisotopic (exact) mass is 464 g/mol. The van der Waals surface area contributed by atoms with Crippen molar-refractivity contribution in [2.45, 2.75) is 46.5 Å². The zero-order valence-corrected chi connectivity index (χ0v) is 20.4. The predicted molar refractivity (Wildman–Crippen MR) is 141 cm³/mol. The maximum Gasteiger partial charge on any atom is 0.326 e. The van der Waals surface area contributed by atoms with E-state index in [9.17, 15) is 4.79 Å². The third-order valence-corrected chi connectivity index (χ3v) is 6.30. The summed E-state index contributed by atoms with van der Waals surface area (Å²) in [6.07, 6.45) is 3.03. The molecule has 0 saturated carbocycles. The van der Waals surface area contributed by atoms with Crippen molar-refractivity contribution < 1.29 is 4.79 Å². The highest BCUT2D eigenvalue weighted by Crippen LogP contribution is 2.34. The van der Waals surface area contributed by atoms with Crippen LogP contribution in [0.5, 0.6) is 0 Å². The van der Waals surface area contributed by atoms with Crippen LogP contribution in [0.25, 0.3) is 0 Å². The van der Waals surface area contributed by atoms with Gasteiger partial charge in [-0.15, -0.1) is 0 Å². The van der Waals surface area contributed by atoms with Crippen molar-refractivity contribution in [3.8, 4) is 0 Å². The lowest BCUT2D eigenvalue weighted by atomic mass is 10.0. The number of rotatable bonds is 8. The third kappa shape index (κ3) is 5.79. The van der Waals surface area contributed by atoms with Crippen molar-refractivity contribution in [1.29, 1.82) is 0 Å². The summed E-state index contributed by atoms with van der Waals surface area (Å²) in [4.78, 5) is 15.4. The van der Waals surface area contributed by atoms with Gasteiger partial charge in [-0.05, 0) is 78.3 Å². The van der Waals surface area contributed by atoms with Crippen LogP contribution in [0.15, 0.2) is 54.6 Å². The molecule has 174 valence electrons. The Morgan fingerprint density at radius 2 is 1.48 bits per heavy atom. The van der Waals surface area contributed by atoms with Crippen molar-refractivity contribution in [3.05, 3.63) is 81.9 Å². The Bertz CT molecular complexity index is 1070. The van der Waals surface area contributed by atoms with E-state index in [0.29, 0.717) is 36.5 Å². The van der Waals surface area contributed by atoms with Crippen LogP contribution >= 0.6 is 11.6 Å². The molecule has 0 aliphatic rings. The first-order valence-corrected chi connectivity index (χ1v) is 11.9. The molecule has 0 aliphatic carbocycles. The molecule has 0 heterocycles. The Morgan fingerprint density at radius 3 is 2.06 bits per heavy atom. The van der Waals surface area contributed by atoms with Gasteiger partial charge in [-0.2, -0.15) is 0 Å². The van der Waals surface area contributed by atoms with E-state index in [-0.39, 0.29) is 6.03 Å². The highest BCUT2D eigenvalue weighted by atomic mass is 35.5. The second kappa shape index (κ2) is 11.1. The molecule has 0 fully saturated rings. The molecule has 0 atom stereocenters. The topological polar surface area (TPSA) is 84.4 Å². The van der Waals surface area contributed by atoms with E-state index >= 15 is 0 Å². The Labute approximate surface area is 201 Å². The molecule has 0 aromatic heterocycles. The average molecular weight is 465 g/mol. The quantitative estimate of drug-likeness (QED) is 0.334. The number of nitrogens with zero attached hydrogens (tertiary/aromatic N) is 1. The molecule has 3 aromatic carbocycles. The first-order chi connectivity index (χ1) is 15.9. The lowest BCUT2D eigenvalue weighted by molar-refractivity contribution is 0.257. The maximum atomic E-state index is 13.6. The molecule has 5 nitrogen and oxygen atoms in total. The van der Waals surface area contributed by atoms with Gasteiger partial charge in [-0.25, -0.2) is 4.79 Å². The van der Waals surface area contributed by atoms with Crippen LogP contribution < -0.4 is 21.7 Å². The SMILES string of the molecule is CCc1ccc(N(CCc2ccc(N)cc2)C(=O)Nc2c(CC)c(N)cc(Cl)c2CC)cc1. The fraction of sp³-hybridized carbons (Fsp3) is 0.296. The number of benzene rings is 3. The number of nitrogens with one attached hydrogen (secondary N) is 1. The smallest absolute Gasteiger partial charge is 0.326 e. The van der Waals surface area contributed by atoms with Crippen LogP contribution in [0, 0.1) is 0 Å². The second-order valence-electron chi connectivity index (χ2n) is 8.08. The van der Waals surface area contributed by atoms with Crippen LogP contribution in [0.3, 0.4) is 0 Å². The van der Waals surface area contributed by atoms with E-state index in [2.05, 4.69) is 24.4 Å². The lowest BCUT2D eigenvalue weighted by Crippen LogP contribution is -2.37. The van der Waals surface area contributed by atoms with Gasteiger partial charge in [0.25, 0.3) is 0 Å². The molecule has 3 aromatic rings. The number of carbonyl (C=O) groups excluding carboxylic acids is 1. The van der Waals surface area contributed by atoms with Gasteiger partial charge in [0.15, 0.2) is 0 Å². The molecule has 0 saturated heterocycles. The van der Waals surface area contributed by atoms with Crippen molar-refractivity contribution in [1.82, 2.24) is 0 Å². The van der Waals surface area contributed by atoms with E-state index in [1.807, 2.05) is 50.2 Å². The summed E-state index contributed by atoms with van der Waals surface area (Å²) >= 11 is 6.48. The molecular weight excluding hydrogens is 432 g/mol. The number of hydrogen-bond donors (Lipinski definition) is 3. The number of carbonyl (C=O) groups is 1. The van der Waals surface area contributed by atoms with Gasteiger partial charge in [0.05, 0.1) is 5.69 Å². The molecule has 0 aliphatic heterocycles. The summed E-state index contributed by atoms with van der Waals surface area (Å²) in [5.41, 5.74) is 19.1. The zero-order valence-electron chi connectivity index (χ0n) is 19.6. The Hall–Kier alpha value is -3.18. The average Bonchev–Trinajstić information content (AvgIpc) is 2.81. The van der Waals surface area contributed by atoms with Crippen LogP contribution in [-0.4, -0.2) is 12.6 Å². The third-order valence-electron chi connectivity index (χ3n) is 5.97. The lowest BCUT2D eigenvalue weighted by Gasteiger charge is -2.26. The maximum absolute atomic E-state index is 13.6. The Kier molecular flexibility index (Phi) is 8.23.